The van der Waals surface area contributed by atoms with Crippen LogP contribution in [0.1, 0.15) is 165 Å². The van der Waals surface area contributed by atoms with Crippen LogP contribution in [-0.4, -0.2) is 142 Å². The van der Waals surface area contributed by atoms with E-state index in [1.807, 2.05) is 72.8 Å². The number of fused-ring (bicyclic) bond motifs is 4. The zero-order chi connectivity index (χ0) is 84.9. The van der Waals surface area contributed by atoms with E-state index < -0.39 is 4.92 Å². The number of nitrogens with zero attached hydrogens (tertiary/aromatic N) is 14. The van der Waals surface area contributed by atoms with Crippen molar-refractivity contribution in [3.8, 4) is 58.5 Å². The molecule has 7 fully saturated rings. The van der Waals surface area contributed by atoms with Gasteiger partial charge in [0.15, 0.2) is 0 Å². The number of ether oxygens (including phenoxy) is 4. The molecule has 4 aliphatic heterocycles. The molecule has 3 N–H and O–H groups in total. The highest BCUT2D eigenvalue weighted by Gasteiger charge is 2.32. The molecule has 19 rings (SSSR count). The molecule has 0 amide bonds. The lowest BCUT2D eigenvalue weighted by molar-refractivity contribution is -0.384. The third kappa shape index (κ3) is 20.5. The van der Waals surface area contributed by atoms with Gasteiger partial charge in [-0.05, 0) is 250 Å². The smallest absolute Gasteiger partial charge is 0.270 e. The Labute approximate surface area is 721 Å². The van der Waals surface area contributed by atoms with Gasteiger partial charge in [-0.1, -0.05) is 96.6 Å². The zero-order valence-electron chi connectivity index (χ0n) is 69.8. The second kappa shape index (κ2) is 38.8. The van der Waals surface area contributed by atoms with Gasteiger partial charge in [-0.2, -0.15) is 4.98 Å². The number of nitrogen functional groups attached to an aromatic ring is 1. The van der Waals surface area contributed by atoms with Crippen LogP contribution in [0.3, 0.4) is 0 Å². The van der Waals surface area contributed by atoms with Crippen molar-refractivity contribution in [2.75, 3.05) is 113 Å². The summed E-state index contributed by atoms with van der Waals surface area (Å²) in [5.41, 5.74) is 16.3. The fourth-order valence-electron chi connectivity index (χ4n) is 17.1. The molecule has 4 aromatic heterocycles. The minimum absolute atomic E-state index is 0.0172. The zero-order valence-corrected chi connectivity index (χ0v) is 70.6. The van der Waals surface area contributed by atoms with Gasteiger partial charge in [-0.3, -0.25) is 20.2 Å². The topological polar surface area (TPSA) is 286 Å². The summed E-state index contributed by atoms with van der Waals surface area (Å²) in [4.78, 5) is 68.0. The van der Waals surface area contributed by atoms with Crippen molar-refractivity contribution < 1.29 is 33.9 Å². The van der Waals surface area contributed by atoms with Crippen molar-refractivity contribution in [3.63, 3.8) is 0 Å². The van der Waals surface area contributed by atoms with Gasteiger partial charge in [0.25, 0.3) is 11.4 Å². The number of benzene rings is 8. The number of nitro benzene ring substituents is 2. The molecule has 0 bridgehead atoms. The van der Waals surface area contributed by atoms with Crippen molar-refractivity contribution in [2.45, 2.75) is 126 Å². The molecule has 12 aromatic rings. The van der Waals surface area contributed by atoms with E-state index in [2.05, 4.69) is 136 Å². The first kappa shape index (κ1) is 83.7. The Bertz CT molecular complexity index is 6060. The van der Waals surface area contributed by atoms with E-state index in [0.717, 1.165) is 197 Å². The number of para-hydroxylation sites is 4. The van der Waals surface area contributed by atoms with Crippen LogP contribution in [0.4, 0.5) is 40.3 Å². The van der Waals surface area contributed by atoms with Gasteiger partial charge >= 0.3 is 0 Å². The van der Waals surface area contributed by atoms with E-state index in [1.165, 1.54) is 71.7 Å². The van der Waals surface area contributed by atoms with Crippen LogP contribution >= 0.6 is 11.6 Å². The maximum absolute atomic E-state index is 11.4. The van der Waals surface area contributed by atoms with Gasteiger partial charge in [0.2, 0.25) is 22.8 Å². The van der Waals surface area contributed by atoms with Gasteiger partial charge in [0.1, 0.15) is 46.3 Å². The summed E-state index contributed by atoms with van der Waals surface area (Å²) < 4.78 is 22.3. The molecule has 3 saturated carbocycles. The minimum Gasteiger partial charge on any atom is -0.496 e. The number of nitrogens with two attached hydrogens (primary N) is 1. The number of hydrogen-bond acceptors (Lipinski definition) is 22. The summed E-state index contributed by atoms with van der Waals surface area (Å²) in [6.45, 7) is 7.07. The molecule has 628 valence electrons. The molecule has 0 unspecified atom stereocenters. The molecule has 3 aliphatic carbocycles. The first-order chi connectivity index (χ1) is 60.1. The maximum Gasteiger partial charge on any atom is 0.270 e. The van der Waals surface area contributed by atoms with Gasteiger partial charge < -0.3 is 49.4 Å². The monoisotopic (exact) mass is 1670 g/mol. The van der Waals surface area contributed by atoms with E-state index in [9.17, 15) is 25.3 Å². The van der Waals surface area contributed by atoms with Crippen molar-refractivity contribution in [1.29, 1.82) is 0 Å². The fraction of sp³-hybridized carbons (Fsp3) is 0.367. The summed E-state index contributed by atoms with van der Waals surface area (Å²) in [6, 6.07) is 54.6. The number of nitro groups is 2. The first-order valence-corrected chi connectivity index (χ1v) is 43.2. The quantitative estimate of drug-likeness (QED) is 0.0281. The molecule has 123 heavy (non-hydrogen) atoms. The number of non-ortho nitro benzene ring substituents is 2. The second-order valence-electron chi connectivity index (χ2n) is 32.4. The molecular weight excluding hydrogens is 1570 g/mol. The lowest BCUT2D eigenvalue weighted by Gasteiger charge is -2.34. The number of halogens is 1. The average molecular weight is 1670 g/mol. The normalized spacial score (nSPS) is 16.2. The molecular formula is C98H100ClN15O9. The Morgan fingerprint density at radius 3 is 1.02 bits per heavy atom. The lowest BCUT2D eigenvalue weighted by Crippen LogP contribution is -2.34. The Kier molecular flexibility index (Phi) is 26.4. The summed E-state index contributed by atoms with van der Waals surface area (Å²) in [6.07, 6.45) is 16.6. The summed E-state index contributed by atoms with van der Waals surface area (Å²) in [5.74, 6) is 31.5. The predicted octanol–water partition coefficient (Wildman–Crippen LogP) is 18.4. The van der Waals surface area contributed by atoms with Crippen molar-refractivity contribution in [3.05, 3.63) is 241 Å². The molecule has 25 heteroatoms. The van der Waals surface area contributed by atoms with E-state index in [0.29, 0.717) is 86.5 Å². The number of anilines is 5. The van der Waals surface area contributed by atoms with Crippen LogP contribution in [0.15, 0.2) is 170 Å². The third-order valence-corrected chi connectivity index (χ3v) is 24.3. The predicted molar refractivity (Wildman–Crippen MR) is 484 cm³/mol. The highest BCUT2D eigenvalue weighted by atomic mass is 35.5. The molecule has 4 saturated heterocycles. The largest absolute Gasteiger partial charge is 0.496 e. The molecule has 0 atom stereocenters. The molecule has 8 heterocycles. The number of piperidine rings is 4. The van der Waals surface area contributed by atoms with Crippen molar-refractivity contribution >= 4 is 95.5 Å². The van der Waals surface area contributed by atoms with E-state index in [1.54, 1.807) is 46.6 Å². The number of aromatic nitrogens is 8. The number of methoxy groups -OCH3 is 4. The van der Waals surface area contributed by atoms with E-state index >= 15 is 0 Å². The summed E-state index contributed by atoms with van der Waals surface area (Å²) in [5, 5.41) is 35.4. The number of rotatable bonds is 17. The highest BCUT2D eigenvalue weighted by Crippen LogP contribution is 2.43. The van der Waals surface area contributed by atoms with Crippen molar-refractivity contribution in [2.24, 2.45) is 17.8 Å². The SMILES string of the molecule is COc1ccccc1C1CCN(c2nc(C#CC3CC3)nc3ccc(CCCO)cc23)CC1.COc1ccccc1C1CCN(c2nc(C#CC3CC3)nc3ccc(N)cc23)CC1.COc1ccccc1C1CCN(c2nc(C#CC3CC3)nc3ccc([N+](=O)[O-])cc23)CC1.COc1ccccc1C1CCN(c2nc(Cl)nc3ccc([N+](=O)[O-])cc23)CC1. The van der Waals surface area contributed by atoms with Crippen molar-refractivity contribution in [1.82, 2.24) is 39.9 Å². The maximum atomic E-state index is 11.4. The Morgan fingerprint density at radius 2 is 0.691 bits per heavy atom. The molecule has 24 nitrogen and oxygen atoms in total. The molecule has 0 spiro atoms. The standard InChI is InChI=1S/C28H31N3O2.C25H24N4O3.C25H26N4O.C20H19ClN4O3/c1-33-26-7-3-2-6-23(26)22-14-16-31(17-15-22)28-24-19-21(5-4-18-32)10-12-25(24)29-27(30-28)13-11-20-8-9-20;1-32-23-5-3-2-4-20(23)18-12-14-28(15-13-18)25-21-16-19(29(30)31)9-10-22(21)26-24(27-25)11-8-17-6-7-17;1-30-23-5-3-2-4-20(23)18-12-14-29(15-13-18)25-21-16-19(26)9-10-22(21)27-24(28-25)11-8-17-6-7-17;1-28-18-5-3-2-4-15(18)13-8-10-24(11-9-13)19-16-12-14(25(26)27)6-7-17(16)22-20(21)23-19/h2-3,6-7,10,12,19-20,22,32H,4-5,8-9,14-18H2,1H3;2-5,9-10,16-18H,6-7,12-15H2,1H3;2-5,9-10,16-18H,6-7,12-15,26H2,1H3;2-7,12-13H,8-11H2,1H3. The van der Waals surface area contributed by atoms with Crippen LogP contribution in [0.2, 0.25) is 5.28 Å². The van der Waals surface area contributed by atoms with Gasteiger partial charge in [-0.15, -0.1) is 0 Å². The van der Waals surface area contributed by atoms with Gasteiger partial charge in [0.05, 0.1) is 60.4 Å². The number of hydrogen-bond donors (Lipinski definition) is 2. The highest BCUT2D eigenvalue weighted by molar-refractivity contribution is 6.29. The summed E-state index contributed by atoms with van der Waals surface area (Å²) in [7, 11) is 6.89. The van der Waals surface area contributed by atoms with Crippen LogP contribution in [0.5, 0.6) is 23.0 Å². The van der Waals surface area contributed by atoms with Gasteiger partial charge in [0, 0.05) is 128 Å². The Hall–Kier alpha value is -13.0. The lowest BCUT2D eigenvalue weighted by atomic mass is 9.88. The molecule has 7 aliphatic rings. The third-order valence-electron chi connectivity index (χ3n) is 24.2. The van der Waals surface area contributed by atoms with Crippen LogP contribution < -0.4 is 44.3 Å². The minimum atomic E-state index is -0.411. The van der Waals surface area contributed by atoms with Crippen LogP contribution in [0, 0.1) is 73.5 Å². The number of aryl methyl sites for hydroxylation is 1. The first-order valence-electron chi connectivity index (χ1n) is 42.8. The van der Waals surface area contributed by atoms with Gasteiger partial charge in [-0.25, -0.2) is 34.9 Å². The molecule has 8 aromatic carbocycles. The number of aliphatic hydroxyl groups excluding tert-OH is 1. The summed E-state index contributed by atoms with van der Waals surface area (Å²) >= 11 is 6.11. The second-order valence-corrected chi connectivity index (χ2v) is 32.8. The number of aliphatic hydroxyl groups is 1. The fourth-order valence-corrected chi connectivity index (χ4v) is 17.2. The van der Waals surface area contributed by atoms with Crippen LogP contribution in [0.25, 0.3) is 43.6 Å². The average Bonchev–Trinajstić information content (AvgIpc) is 1.78. The Morgan fingerprint density at radius 1 is 0.390 bits per heavy atom. The Balaban J connectivity index is 0.000000122. The van der Waals surface area contributed by atoms with E-state index in [4.69, 9.17) is 56.2 Å². The molecule has 0 radical (unpaired) electrons. The van der Waals surface area contributed by atoms with Crippen LogP contribution in [-0.2, 0) is 6.42 Å². The van der Waals surface area contributed by atoms with E-state index in [-0.39, 0.29) is 28.2 Å².